The van der Waals surface area contributed by atoms with Crippen LogP contribution in [0.3, 0.4) is 0 Å². The molecule has 0 radical (unpaired) electrons. The van der Waals surface area contributed by atoms with Gasteiger partial charge >= 0.3 is 0 Å². The largest absolute Gasteiger partial charge is 0.365 e. The number of aryl methyl sites for hydroxylation is 1. The lowest BCUT2D eigenvalue weighted by Crippen LogP contribution is -2.36. The Morgan fingerprint density at radius 2 is 2.10 bits per heavy atom. The van der Waals surface area contributed by atoms with Crippen molar-refractivity contribution < 1.29 is 4.79 Å². The monoisotopic (exact) mass is 287 g/mol. The maximum Gasteiger partial charge on any atom is 0.225 e. The van der Waals surface area contributed by atoms with Gasteiger partial charge in [-0.1, -0.05) is 19.3 Å². The van der Waals surface area contributed by atoms with Gasteiger partial charge in [0, 0.05) is 31.2 Å². The first-order valence-electron chi connectivity index (χ1n) is 8.20. The molecule has 1 aromatic heterocycles. The highest BCUT2D eigenvalue weighted by Gasteiger charge is 2.31. The number of hydrogen-bond acceptors (Lipinski definition) is 3. The molecule has 21 heavy (non-hydrogen) atoms. The third-order valence-electron chi connectivity index (χ3n) is 4.72. The number of pyridine rings is 1. The van der Waals surface area contributed by atoms with E-state index in [1.807, 2.05) is 12.3 Å². The molecule has 1 atom stereocenters. The second kappa shape index (κ2) is 6.46. The van der Waals surface area contributed by atoms with Gasteiger partial charge in [-0.15, -0.1) is 0 Å². The normalized spacial score (nSPS) is 23.3. The van der Waals surface area contributed by atoms with Crippen LogP contribution in [-0.4, -0.2) is 34.9 Å². The zero-order valence-electron chi connectivity index (χ0n) is 12.8. The average molecular weight is 287 g/mol. The number of likely N-dealkylation sites (tertiary alicyclic amines) is 1. The smallest absolute Gasteiger partial charge is 0.225 e. The van der Waals surface area contributed by atoms with Gasteiger partial charge in [0.2, 0.25) is 5.91 Å². The molecule has 0 aromatic carbocycles. The zero-order chi connectivity index (χ0) is 14.7. The van der Waals surface area contributed by atoms with Crippen molar-refractivity contribution in [3.05, 3.63) is 23.9 Å². The summed E-state index contributed by atoms with van der Waals surface area (Å²) in [5.41, 5.74) is 1.21. The Morgan fingerprint density at radius 1 is 1.29 bits per heavy atom. The van der Waals surface area contributed by atoms with E-state index in [0.29, 0.717) is 11.9 Å². The van der Waals surface area contributed by atoms with Crippen molar-refractivity contribution in [2.45, 2.75) is 51.5 Å². The van der Waals surface area contributed by atoms with E-state index in [1.54, 1.807) is 0 Å². The zero-order valence-corrected chi connectivity index (χ0v) is 12.8. The number of nitrogens with zero attached hydrogens (tertiary/aromatic N) is 2. The number of hydrogen-bond donors (Lipinski definition) is 1. The maximum absolute atomic E-state index is 12.5. The number of carbonyl (C=O) groups excluding carboxylic acids is 1. The molecule has 0 spiro atoms. The second-order valence-corrected chi connectivity index (χ2v) is 6.47. The average Bonchev–Trinajstić information content (AvgIpc) is 2.96. The Bertz CT molecular complexity index is 497. The summed E-state index contributed by atoms with van der Waals surface area (Å²) >= 11 is 0. The lowest BCUT2D eigenvalue weighted by atomic mass is 9.88. The molecule has 1 aromatic rings. The summed E-state index contributed by atoms with van der Waals surface area (Å²) in [5.74, 6) is 1.60. The van der Waals surface area contributed by atoms with E-state index in [1.165, 1.54) is 24.8 Å². The standard InChI is InChI=1S/C17H25N3O/c1-13-7-9-18-16(11-13)19-15-8-10-20(12-15)17(21)14-5-3-2-4-6-14/h7,9,11,14-15H,2-6,8,10,12H2,1H3,(H,18,19)/t15-/m1/s1. The number of anilines is 1. The molecule has 4 nitrogen and oxygen atoms in total. The lowest BCUT2D eigenvalue weighted by Gasteiger charge is -2.26. The first-order chi connectivity index (χ1) is 10.2. The van der Waals surface area contributed by atoms with Crippen LogP contribution in [0.1, 0.15) is 44.1 Å². The molecule has 114 valence electrons. The van der Waals surface area contributed by atoms with Crippen LogP contribution in [0, 0.1) is 12.8 Å². The van der Waals surface area contributed by atoms with Crippen LogP contribution in [0.2, 0.25) is 0 Å². The van der Waals surface area contributed by atoms with E-state index < -0.39 is 0 Å². The van der Waals surface area contributed by atoms with E-state index in [0.717, 1.165) is 38.2 Å². The third-order valence-corrected chi connectivity index (χ3v) is 4.72. The van der Waals surface area contributed by atoms with Gasteiger partial charge in [0.25, 0.3) is 0 Å². The summed E-state index contributed by atoms with van der Waals surface area (Å²) in [4.78, 5) is 18.9. The predicted molar refractivity (Wildman–Crippen MR) is 84.2 cm³/mol. The minimum Gasteiger partial charge on any atom is -0.365 e. The van der Waals surface area contributed by atoms with Crippen molar-refractivity contribution in [1.29, 1.82) is 0 Å². The van der Waals surface area contributed by atoms with Gasteiger partial charge in [0.15, 0.2) is 0 Å². The van der Waals surface area contributed by atoms with Gasteiger partial charge in [-0.3, -0.25) is 4.79 Å². The molecule has 0 bridgehead atoms. The van der Waals surface area contributed by atoms with Crippen molar-refractivity contribution in [2.75, 3.05) is 18.4 Å². The first kappa shape index (κ1) is 14.4. The summed E-state index contributed by atoms with van der Waals surface area (Å²) in [7, 11) is 0. The van der Waals surface area contributed by atoms with Crippen LogP contribution in [0.4, 0.5) is 5.82 Å². The highest BCUT2D eigenvalue weighted by atomic mass is 16.2. The predicted octanol–water partition coefficient (Wildman–Crippen LogP) is 2.98. The number of aromatic nitrogens is 1. The highest BCUT2D eigenvalue weighted by Crippen LogP contribution is 2.27. The van der Waals surface area contributed by atoms with Gasteiger partial charge in [-0.2, -0.15) is 0 Å². The van der Waals surface area contributed by atoms with E-state index in [-0.39, 0.29) is 5.92 Å². The fraction of sp³-hybridized carbons (Fsp3) is 0.647. The van der Waals surface area contributed by atoms with Crippen molar-refractivity contribution in [2.24, 2.45) is 5.92 Å². The summed E-state index contributed by atoms with van der Waals surface area (Å²) in [6.45, 7) is 3.78. The van der Waals surface area contributed by atoms with Crippen LogP contribution in [0.15, 0.2) is 18.3 Å². The molecule has 1 N–H and O–H groups in total. The molecular formula is C17H25N3O. The Labute approximate surface area is 126 Å². The molecule has 1 aliphatic heterocycles. The molecule has 2 aliphatic rings. The summed E-state index contributed by atoms with van der Waals surface area (Å²) in [5, 5.41) is 3.46. The summed E-state index contributed by atoms with van der Waals surface area (Å²) in [6.07, 6.45) is 8.77. The van der Waals surface area contributed by atoms with Gasteiger partial charge in [0.1, 0.15) is 5.82 Å². The minimum atomic E-state index is 0.287. The van der Waals surface area contributed by atoms with Crippen LogP contribution < -0.4 is 5.32 Å². The molecule has 1 aliphatic carbocycles. The quantitative estimate of drug-likeness (QED) is 0.929. The second-order valence-electron chi connectivity index (χ2n) is 6.47. The van der Waals surface area contributed by atoms with Crippen molar-refractivity contribution in [3.63, 3.8) is 0 Å². The maximum atomic E-state index is 12.5. The summed E-state index contributed by atoms with van der Waals surface area (Å²) < 4.78 is 0. The van der Waals surface area contributed by atoms with E-state index >= 15 is 0 Å². The Morgan fingerprint density at radius 3 is 2.86 bits per heavy atom. The molecular weight excluding hydrogens is 262 g/mol. The van der Waals surface area contributed by atoms with Crippen molar-refractivity contribution in [1.82, 2.24) is 9.88 Å². The number of nitrogens with one attached hydrogen (secondary N) is 1. The van der Waals surface area contributed by atoms with Crippen molar-refractivity contribution >= 4 is 11.7 Å². The topological polar surface area (TPSA) is 45.2 Å². The highest BCUT2D eigenvalue weighted by molar-refractivity contribution is 5.79. The number of carbonyl (C=O) groups is 1. The first-order valence-corrected chi connectivity index (χ1v) is 8.20. The molecule has 3 rings (SSSR count). The fourth-order valence-corrected chi connectivity index (χ4v) is 3.51. The molecule has 4 heteroatoms. The van der Waals surface area contributed by atoms with Gasteiger partial charge in [0.05, 0.1) is 0 Å². The van der Waals surface area contributed by atoms with Gasteiger partial charge in [-0.05, 0) is 43.9 Å². The SMILES string of the molecule is Cc1ccnc(N[C@@H]2CCN(C(=O)C3CCCCC3)C2)c1. The van der Waals surface area contributed by atoms with Gasteiger partial charge in [-0.25, -0.2) is 4.98 Å². The molecule has 0 unspecified atom stereocenters. The summed E-state index contributed by atoms with van der Waals surface area (Å²) in [6, 6.07) is 4.40. The molecule has 2 heterocycles. The lowest BCUT2D eigenvalue weighted by molar-refractivity contribution is -0.135. The molecule has 1 saturated heterocycles. The van der Waals surface area contributed by atoms with Crippen LogP contribution in [0.5, 0.6) is 0 Å². The van der Waals surface area contributed by atoms with Crippen LogP contribution in [-0.2, 0) is 4.79 Å². The van der Waals surface area contributed by atoms with Crippen LogP contribution >= 0.6 is 0 Å². The molecule has 1 saturated carbocycles. The van der Waals surface area contributed by atoms with E-state index in [2.05, 4.69) is 28.2 Å². The van der Waals surface area contributed by atoms with E-state index in [9.17, 15) is 4.79 Å². The van der Waals surface area contributed by atoms with Crippen molar-refractivity contribution in [3.8, 4) is 0 Å². The Balaban J connectivity index is 1.54. The Kier molecular flexibility index (Phi) is 4.42. The van der Waals surface area contributed by atoms with Gasteiger partial charge < -0.3 is 10.2 Å². The molecule has 2 fully saturated rings. The third kappa shape index (κ3) is 3.55. The Hall–Kier alpha value is -1.58. The fourth-order valence-electron chi connectivity index (χ4n) is 3.51. The van der Waals surface area contributed by atoms with Crippen LogP contribution in [0.25, 0.3) is 0 Å². The minimum absolute atomic E-state index is 0.287. The number of rotatable bonds is 3. The number of amides is 1. The molecule has 1 amide bonds. The van der Waals surface area contributed by atoms with E-state index in [4.69, 9.17) is 0 Å².